The lowest BCUT2D eigenvalue weighted by Crippen LogP contribution is -2.36. The number of hydrogen-bond acceptors (Lipinski definition) is 3. The molecule has 1 saturated carbocycles. The van der Waals surface area contributed by atoms with Crippen molar-refractivity contribution in [3.05, 3.63) is 30.0 Å². The Morgan fingerprint density at radius 3 is 3.00 bits per heavy atom. The van der Waals surface area contributed by atoms with E-state index >= 15 is 0 Å². The molecule has 110 valence electrons. The highest BCUT2D eigenvalue weighted by molar-refractivity contribution is 6.00. The van der Waals surface area contributed by atoms with E-state index in [0.29, 0.717) is 17.4 Å². The Hall–Kier alpha value is -2.30. The smallest absolute Gasteiger partial charge is 0.268 e. The summed E-state index contributed by atoms with van der Waals surface area (Å²) in [5, 5.41) is 3.63. The van der Waals surface area contributed by atoms with Gasteiger partial charge in [0.1, 0.15) is 17.7 Å². The third-order valence-corrected chi connectivity index (χ3v) is 3.85. The van der Waals surface area contributed by atoms with E-state index in [1.165, 1.54) is 0 Å². The topological polar surface area (TPSA) is 71.2 Å². The van der Waals surface area contributed by atoms with Gasteiger partial charge in [-0.1, -0.05) is 18.9 Å². The van der Waals surface area contributed by atoms with Crippen LogP contribution in [0.5, 0.6) is 5.75 Å². The summed E-state index contributed by atoms with van der Waals surface area (Å²) in [4.78, 5) is 26.4. The van der Waals surface area contributed by atoms with Crippen LogP contribution < -0.4 is 10.1 Å². The van der Waals surface area contributed by atoms with E-state index in [1.54, 1.807) is 13.2 Å². The van der Waals surface area contributed by atoms with Crippen LogP contribution >= 0.6 is 0 Å². The Labute approximate surface area is 122 Å². The van der Waals surface area contributed by atoms with Crippen molar-refractivity contribution in [2.45, 2.75) is 25.3 Å². The molecule has 3 rings (SSSR count). The molecule has 21 heavy (non-hydrogen) atoms. The molecule has 1 aromatic heterocycles. The van der Waals surface area contributed by atoms with Gasteiger partial charge in [-0.15, -0.1) is 0 Å². The number of aromatic nitrogens is 1. The molecule has 0 bridgehead atoms. The summed E-state index contributed by atoms with van der Waals surface area (Å²) in [6, 6.07) is 6.94. The molecule has 0 spiro atoms. The van der Waals surface area contributed by atoms with Gasteiger partial charge in [0, 0.05) is 10.9 Å². The van der Waals surface area contributed by atoms with Crippen LogP contribution in [-0.2, 0) is 4.79 Å². The molecule has 1 amide bonds. The second-order valence-corrected chi connectivity index (χ2v) is 5.50. The van der Waals surface area contributed by atoms with Crippen molar-refractivity contribution < 1.29 is 14.3 Å². The molecule has 0 saturated heterocycles. The van der Waals surface area contributed by atoms with E-state index in [-0.39, 0.29) is 5.91 Å². The monoisotopic (exact) mass is 286 g/mol. The van der Waals surface area contributed by atoms with Gasteiger partial charge in [-0.3, -0.25) is 4.79 Å². The van der Waals surface area contributed by atoms with Gasteiger partial charge in [0.15, 0.2) is 0 Å². The number of benzene rings is 1. The average Bonchev–Trinajstić information content (AvgIpc) is 3.20. The lowest BCUT2D eigenvalue weighted by molar-refractivity contribution is -0.109. The fraction of sp³-hybridized carbons (Fsp3) is 0.375. The Kier molecular flexibility index (Phi) is 3.64. The fourth-order valence-corrected chi connectivity index (χ4v) is 2.54. The van der Waals surface area contributed by atoms with Crippen LogP contribution in [0, 0.1) is 5.92 Å². The number of amides is 1. The Morgan fingerprint density at radius 2 is 2.33 bits per heavy atom. The van der Waals surface area contributed by atoms with E-state index in [4.69, 9.17) is 4.74 Å². The first kappa shape index (κ1) is 13.7. The summed E-state index contributed by atoms with van der Waals surface area (Å²) >= 11 is 0. The Morgan fingerprint density at radius 1 is 1.52 bits per heavy atom. The lowest BCUT2D eigenvalue weighted by Gasteiger charge is -2.11. The maximum atomic E-state index is 12.2. The van der Waals surface area contributed by atoms with E-state index < -0.39 is 6.04 Å². The second kappa shape index (κ2) is 5.60. The molecule has 0 radical (unpaired) electrons. The molecule has 1 aromatic carbocycles. The number of carbonyl (C=O) groups is 2. The predicted molar refractivity (Wildman–Crippen MR) is 79.5 cm³/mol. The fourth-order valence-electron chi connectivity index (χ4n) is 2.54. The number of nitrogens with one attached hydrogen (secondary N) is 2. The van der Waals surface area contributed by atoms with Crippen molar-refractivity contribution in [1.82, 2.24) is 10.3 Å². The highest BCUT2D eigenvalue weighted by Gasteiger charge is 2.26. The quantitative estimate of drug-likeness (QED) is 0.800. The van der Waals surface area contributed by atoms with Crippen molar-refractivity contribution >= 4 is 23.1 Å². The summed E-state index contributed by atoms with van der Waals surface area (Å²) in [5.41, 5.74) is 1.28. The summed E-state index contributed by atoms with van der Waals surface area (Å²) in [6.07, 6.45) is 3.87. The van der Waals surface area contributed by atoms with Crippen LogP contribution in [-0.4, -0.2) is 30.3 Å². The van der Waals surface area contributed by atoms with Crippen molar-refractivity contribution in [3.8, 4) is 5.75 Å². The van der Waals surface area contributed by atoms with Crippen LogP contribution in [0.3, 0.4) is 0 Å². The van der Waals surface area contributed by atoms with Gasteiger partial charge in [-0.05, 0) is 30.5 Å². The average molecular weight is 286 g/mol. The van der Waals surface area contributed by atoms with E-state index in [0.717, 1.165) is 36.5 Å². The highest BCUT2D eigenvalue weighted by Crippen LogP contribution is 2.33. The van der Waals surface area contributed by atoms with Crippen molar-refractivity contribution in [2.24, 2.45) is 5.92 Å². The van der Waals surface area contributed by atoms with Gasteiger partial charge < -0.3 is 19.8 Å². The van der Waals surface area contributed by atoms with Crippen molar-refractivity contribution in [3.63, 3.8) is 0 Å². The number of H-pyrrole nitrogens is 1. The summed E-state index contributed by atoms with van der Waals surface area (Å²) < 4.78 is 5.28. The van der Waals surface area contributed by atoms with Gasteiger partial charge in [0.05, 0.1) is 13.2 Å². The van der Waals surface area contributed by atoms with Crippen LogP contribution in [0.15, 0.2) is 24.3 Å². The zero-order valence-corrected chi connectivity index (χ0v) is 11.9. The molecule has 1 unspecified atom stereocenters. The minimum atomic E-state index is -0.404. The second-order valence-electron chi connectivity index (χ2n) is 5.50. The first-order valence-corrected chi connectivity index (χ1v) is 7.13. The highest BCUT2D eigenvalue weighted by atomic mass is 16.5. The van der Waals surface area contributed by atoms with Crippen LogP contribution in [0.4, 0.5) is 0 Å². The maximum Gasteiger partial charge on any atom is 0.268 e. The van der Waals surface area contributed by atoms with Gasteiger partial charge in [-0.2, -0.15) is 0 Å². The van der Waals surface area contributed by atoms with Crippen molar-refractivity contribution in [1.29, 1.82) is 0 Å². The minimum Gasteiger partial charge on any atom is -0.496 e. The summed E-state index contributed by atoms with van der Waals surface area (Å²) in [5.74, 6) is 1.04. The molecule has 1 fully saturated rings. The number of rotatable bonds is 6. The lowest BCUT2D eigenvalue weighted by atomic mass is 10.1. The molecule has 1 aliphatic rings. The van der Waals surface area contributed by atoms with Gasteiger partial charge in [-0.25, -0.2) is 0 Å². The Balaban J connectivity index is 1.78. The number of carbonyl (C=O) groups excluding carboxylic acids is 2. The largest absolute Gasteiger partial charge is 0.496 e. The third kappa shape index (κ3) is 2.91. The van der Waals surface area contributed by atoms with Gasteiger partial charge in [0.2, 0.25) is 0 Å². The molecule has 0 aliphatic heterocycles. The summed E-state index contributed by atoms with van der Waals surface area (Å²) in [6.45, 7) is 0. The molecule has 2 aromatic rings. The van der Waals surface area contributed by atoms with Gasteiger partial charge >= 0.3 is 0 Å². The van der Waals surface area contributed by atoms with Crippen LogP contribution in [0.25, 0.3) is 10.9 Å². The first-order valence-electron chi connectivity index (χ1n) is 7.13. The molecule has 1 heterocycles. The number of fused-ring (bicyclic) bond motifs is 1. The van der Waals surface area contributed by atoms with E-state index in [2.05, 4.69) is 10.3 Å². The third-order valence-electron chi connectivity index (χ3n) is 3.85. The number of methoxy groups -OCH3 is 1. The number of aldehydes is 1. The van der Waals surface area contributed by atoms with Gasteiger partial charge in [0.25, 0.3) is 5.91 Å². The summed E-state index contributed by atoms with van der Waals surface area (Å²) in [7, 11) is 1.60. The SMILES string of the molecule is COc1cccc2[nH]c(C(=O)NC(C=O)CC3CC3)cc12. The minimum absolute atomic E-state index is 0.258. The maximum absolute atomic E-state index is 12.2. The van der Waals surface area contributed by atoms with Crippen LogP contribution in [0.2, 0.25) is 0 Å². The molecular formula is C16H18N2O3. The standard InChI is InChI=1S/C16H18N2O3/c1-21-15-4-2-3-13-12(15)8-14(18-13)16(20)17-11(9-19)7-10-5-6-10/h2-4,8-11,18H,5-7H2,1H3,(H,17,20). The molecule has 1 atom stereocenters. The normalized spacial score (nSPS) is 15.7. The molecule has 5 heteroatoms. The zero-order valence-electron chi connectivity index (χ0n) is 11.9. The van der Waals surface area contributed by atoms with E-state index in [1.807, 2.05) is 18.2 Å². The molecule has 1 aliphatic carbocycles. The van der Waals surface area contributed by atoms with E-state index in [9.17, 15) is 9.59 Å². The number of hydrogen-bond donors (Lipinski definition) is 2. The zero-order chi connectivity index (χ0) is 14.8. The van der Waals surface area contributed by atoms with Crippen LogP contribution in [0.1, 0.15) is 29.8 Å². The Bertz CT molecular complexity index is 673. The number of ether oxygens (including phenoxy) is 1. The molecule has 2 N–H and O–H groups in total. The molecular weight excluding hydrogens is 268 g/mol. The van der Waals surface area contributed by atoms with Crippen molar-refractivity contribution in [2.75, 3.05) is 7.11 Å². The first-order chi connectivity index (χ1) is 10.2. The number of aromatic amines is 1. The molecule has 5 nitrogen and oxygen atoms in total. The predicted octanol–water partition coefficient (Wildman–Crippen LogP) is 2.27.